The molecule has 2 heterocycles. The van der Waals surface area contributed by atoms with E-state index in [0.717, 1.165) is 4.57 Å². The number of halogens is 1. The van der Waals surface area contributed by atoms with Gasteiger partial charge in [0.2, 0.25) is 5.91 Å². The molecule has 1 aliphatic rings. The second kappa shape index (κ2) is 10.7. The van der Waals surface area contributed by atoms with Crippen LogP contribution in [0.2, 0.25) is 5.02 Å². The normalized spacial score (nSPS) is 18.3. The number of aliphatic hydroxyl groups excluding tert-OH is 1. The Morgan fingerprint density at radius 2 is 2.03 bits per heavy atom. The van der Waals surface area contributed by atoms with Crippen molar-refractivity contribution in [1.29, 1.82) is 0 Å². The highest BCUT2D eigenvalue weighted by Gasteiger charge is 2.37. The summed E-state index contributed by atoms with van der Waals surface area (Å²) in [6.07, 6.45) is 0.727. The molecule has 0 radical (unpaired) electrons. The van der Waals surface area contributed by atoms with Crippen molar-refractivity contribution in [3.05, 3.63) is 67.4 Å². The van der Waals surface area contributed by atoms with Crippen LogP contribution in [0.25, 0.3) is 0 Å². The maximum absolute atomic E-state index is 13.0. The second-order valence-electron chi connectivity index (χ2n) is 6.45. The minimum Gasteiger partial charge on any atom is -0.483 e. The van der Waals surface area contributed by atoms with E-state index in [9.17, 15) is 19.5 Å². The molecule has 0 bridgehead atoms. The second-order valence-corrected chi connectivity index (χ2v) is 6.86. The molecule has 0 unspecified atom stereocenters. The highest BCUT2D eigenvalue weighted by Crippen LogP contribution is 2.34. The van der Waals surface area contributed by atoms with Crippen LogP contribution >= 0.6 is 11.6 Å². The number of aromatic nitrogens is 2. The molecule has 1 aromatic heterocycles. The summed E-state index contributed by atoms with van der Waals surface area (Å²) >= 11 is 6.30. The molecule has 1 fully saturated rings. The van der Waals surface area contributed by atoms with Crippen molar-refractivity contribution in [1.82, 2.24) is 14.5 Å². The number of nitrogens with zero attached hydrogens (tertiary/aromatic N) is 2. The maximum atomic E-state index is 13.0. The Balaban J connectivity index is 0.00000101. The lowest BCUT2D eigenvalue weighted by atomic mass is 9.98. The number of rotatable bonds is 4. The van der Waals surface area contributed by atoms with Crippen molar-refractivity contribution in [2.45, 2.75) is 25.6 Å². The van der Waals surface area contributed by atoms with Crippen LogP contribution in [0.1, 0.15) is 17.2 Å². The average Bonchev–Trinajstić information content (AvgIpc) is 2.72. The fourth-order valence-electron chi connectivity index (χ4n) is 3.22. The van der Waals surface area contributed by atoms with Gasteiger partial charge in [0, 0.05) is 23.3 Å². The lowest BCUT2D eigenvalue weighted by molar-refractivity contribution is -0.150. The largest absolute Gasteiger partial charge is 0.483 e. The number of aliphatic hydroxyl groups is 1. The van der Waals surface area contributed by atoms with Gasteiger partial charge in [0.05, 0.1) is 19.3 Å². The number of ether oxygens (including phenoxy) is 1. The summed E-state index contributed by atoms with van der Waals surface area (Å²) in [5.41, 5.74) is -0.138. The zero-order chi connectivity index (χ0) is 22.3. The maximum Gasteiger partial charge on any atom is 0.328 e. The third kappa shape index (κ3) is 5.35. The fraction of sp³-hybridized carbons (Fsp3) is 0.368. The lowest BCUT2D eigenvalue weighted by Crippen LogP contribution is -2.51. The molecule has 162 valence electrons. The monoisotopic (exact) mass is 439 g/mol. The van der Waals surface area contributed by atoms with Crippen LogP contribution in [0, 0.1) is 6.92 Å². The number of hydrogen-bond donors (Lipinski definition) is 3. The third-order valence-corrected chi connectivity index (χ3v) is 4.91. The number of aromatic amines is 1. The van der Waals surface area contributed by atoms with E-state index < -0.39 is 23.4 Å². The Morgan fingerprint density at radius 3 is 2.67 bits per heavy atom. The molecule has 3 N–H and O–H groups in total. The van der Waals surface area contributed by atoms with Gasteiger partial charge in [0.15, 0.2) is 0 Å². The summed E-state index contributed by atoms with van der Waals surface area (Å²) in [5.74, 6) is -0.338. The Kier molecular flexibility index (Phi) is 8.34. The molecule has 10 nitrogen and oxygen atoms in total. The summed E-state index contributed by atoms with van der Waals surface area (Å²) < 4.78 is 6.78. The number of carbonyl (C=O) groups excluding carboxylic acids is 1. The number of morpholine rings is 1. The van der Waals surface area contributed by atoms with Gasteiger partial charge in [-0.15, -0.1) is 0 Å². The summed E-state index contributed by atoms with van der Waals surface area (Å²) in [7, 11) is 0. The third-order valence-electron chi connectivity index (χ3n) is 4.57. The SMILES string of the molecule is Cc1cn(CC(=O)N2CCO[C@@H](CO)[C@@H]2c2ccccc2Cl)c(=O)[nH]c1=O.O=CO. The first kappa shape index (κ1) is 23.3. The standard InChI is InChI=1S/C18H20ClN3O5.CH2O2/c1-11-8-21(18(26)20-17(11)25)9-15(24)22-6-7-27-14(10-23)16(22)12-4-2-3-5-13(12)19;2-1-3/h2-5,8,14,16,23H,6-7,9-10H2,1H3,(H,20,25,26);1H,(H,2,3)/t14-,16-;/m0./s1. The van der Waals surface area contributed by atoms with Crippen LogP contribution in [-0.4, -0.2) is 62.9 Å². The molecule has 1 aromatic carbocycles. The molecule has 1 aliphatic heterocycles. The number of benzene rings is 1. The number of amides is 1. The van der Waals surface area contributed by atoms with Crippen molar-refractivity contribution in [3.63, 3.8) is 0 Å². The van der Waals surface area contributed by atoms with Crippen LogP contribution in [0.15, 0.2) is 40.1 Å². The van der Waals surface area contributed by atoms with E-state index in [1.807, 2.05) is 0 Å². The quantitative estimate of drug-likeness (QED) is 0.576. The molecule has 2 aromatic rings. The molecule has 0 spiro atoms. The van der Waals surface area contributed by atoms with Crippen molar-refractivity contribution in [3.8, 4) is 0 Å². The van der Waals surface area contributed by atoms with E-state index in [2.05, 4.69) is 4.98 Å². The molecule has 0 aliphatic carbocycles. The number of H-pyrrole nitrogens is 1. The highest BCUT2D eigenvalue weighted by molar-refractivity contribution is 6.31. The van der Waals surface area contributed by atoms with E-state index >= 15 is 0 Å². The smallest absolute Gasteiger partial charge is 0.328 e. The Hall–Kier alpha value is -2.95. The van der Waals surface area contributed by atoms with Crippen LogP contribution in [0.4, 0.5) is 0 Å². The zero-order valence-electron chi connectivity index (χ0n) is 16.2. The zero-order valence-corrected chi connectivity index (χ0v) is 16.9. The van der Waals surface area contributed by atoms with Gasteiger partial charge in [-0.2, -0.15) is 0 Å². The number of carbonyl (C=O) groups is 2. The van der Waals surface area contributed by atoms with Gasteiger partial charge in [-0.3, -0.25) is 23.9 Å². The van der Waals surface area contributed by atoms with Gasteiger partial charge in [-0.05, 0) is 18.6 Å². The summed E-state index contributed by atoms with van der Waals surface area (Å²) in [6, 6.07) is 6.48. The average molecular weight is 440 g/mol. The minimum atomic E-state index is -0.653. The Labute approximate surface area is 176 Å². The molecule has 2 atom stereocenters. The fourth-order valence-corrected chi connectivity index (χ4v) is 3.47. The summed E-state index contributed by atoms with van der Waals surface area (Å²) in [5, 5.41) is 17.1. The first-order valence-corrected chi connectivity index (χ1v) is 9.36. The van der Waals surface area contributed by atoms with Gasteiger partial charge in [0.1, 0.15) is 12.6 Å². The van der Waals surface area contributed by atoms with E-state index in [4.69, 9.17) is 26.2 Å². The molecule has 3 rings (SSSR count). The lowest BCUT2D eigenvalue weighted by Gasteiger charge is -2.41. The number of hydrogen-bond acceptors (Lipinski definition) is 6. The molecular weight excluding hydrogens is 418 g/mol. The topological polar surface area (TPSA) is 142 Å². The van der Waals surface area contributed by atoms with Crippen molar-refractivity contribution in [2.75, 3.05) is 19.8 Å². The molecule has 30 heavy (non-hydrogen) atoms. The van der Waals surface area contributed by atoms with Gasteiger partial charge < -0.3 is 19.8 Å². The van der Waals surface area contributed by atoms with Gasteiger partial charge in [-0.25, -0.2) is 4.79 Å². The van der Waals surface area contributed by atoms with Crippen LogP contribution < -0.4 is 11.2 Å². The molecular formula is C19H22ClN3O7. The Bertz CT molecular complexity index is 1000. The van der Waals surface area contributed by atoms with E-state index in [1.54, 1.807) is 36.1 Å². The van der Waals surface area contributed by atoms with Gasteiger partial charge in [-0.1, -0.05) is 29.8 Å². The van der Waals surface area contributed by atoms with E-state index in [-0.39, 0.29) is 32.1 Å². The predicted octanol–water partition coefficient (Wildman–Crippen LogP) is 0.160. The van der Waals surface area contributed by atoms with Crippen LogP contribution in [0.5, 0.6) is 0 Å². The predicted molar refractivity (Wildman–Crippen MR) is 107 cm³/mol. The van der Waals surface area contributed by atoms with Crippen LogP contribution in [-0.2, 0) is 20.9 Å². The highest BCUT2D eigenvalue weighted by atomic mass is 35.5. The van der Waals surface area contributed by atoms with Crippen molar-refractivity contribution in [2.24, 2.45) is 0 Å². The molecule has 0 saturated carbocycles. The van der Waals surface area contributed by atoms with E-state index in [1.165, 1.54) is 6.20 Å². The molecule has 1 amide bonds. The summed E-state index contributed by atoms with van der Waals surface area (Å²) in [4.78, 5) is 48.6. The minimum absolute atomic E-state index is 0.241. The Morgan fingerprint density at radius 1 is 1.37 bits per heavy atom. The molecule has 11 heteroatoms. The van der Waals surface area contributed by atoms with Crippen LogP contribution in [0.3, 0.4) is 0 Å². The number of aryl methyl sites for hydroxylation is 1. The van der Waals surface area contributed by atoms with E-state index in [0.29, 0.717) is 22.7 Å². The van der Waals surface area contributed by atoms with Crippen molar-refractivity contribution < 1.29 is 24.5 Å². The first-order valence-electron chi connectivity index (χ1n) is 8.98. The van der Waals surface area contributed by atoms with Crippen molar-refractivity contribution >= 4 is 24.0 Å². The molecule has 1 saturated heterocycles. The van der Waals surface area contributed by atoms with Gasteiger partial charge >= 0.3 is 5.69 Å². The number of nitrogens with one attached hydrogen (secondary N) is 1. The van der Waals surface area contributed by atoms with Gasteiger partial charge in [0.25, 0.3) is 12.0 Å². The first-order chi connectivity index (χ1) is 14.3. The summed E-state index contributed by atoms with van der Waals surface area (Å²) in [6.45, 7) is 1.34. The number of carboxylic acid groups (broad SMARTS) is 1.